The van der Waals surface area contributed by atoms with Crippen LogP contribution in [0.2, 0.25) is 5.02 Å². The van der Waals surface area contributed by atoms with Gasteiger partial charge in [-0.1, -0.05) is 11.6 Å². The summed E-state index contributed by atoms with van der Waals surface area (Å²) in [6.45, 7) is 3.22. The van der Waals surface area contributed by atoms with Crippen LogP contribution in [-0.4, -0.2) is 38.0 Å². The van der Waals surface area contributed by atoms with Gasteiger partial charge in [0.25, 0.3) is 0 Å². The lowest BCUT2D eigenvalue weighted by molar-refractivity contribution is -0.00410. The van der Waals surface area contributed by atoms with Gasteiger partial charge in [0.2, 0.25) is 0 Å². The standard InChI is InChI=1S/C15H21ClN6O2/c1-3-22-9-11(16)13(20-22)19-15(23)18-10-4-7-24-12(8-10)14-17-5-6-21(14)2/h5-6,9-10,12H,3-4,7-8H2,1-2H3,(H2,18,19,20,23). The summed E-state index contributed by atoms with van der Waals surface area (Å²) in [6.07, 6.45) is 6.62. The first-order valence-electron chi connectivity index (χ1n) is 7.96. The third-order valence-corrected chi connectivity index (χ3v) is 4.32. The monoisotopic (exact) mass is 352 g/mol. The molecule has 8 nitrogen and oxygen atoms in total. The van der Waals surface area contributed by atoms with Gasteiger partial charge in [-0.15, -0.1) is 0 Å². The van der Waals surface area contributed by atoms with E-state index in [0.717, 1.165) is 12.2 Å². The summed E-state index contributed by atoms with van der Waals surface area (Å²) in [6, 6.07) is -0.309. The van der Waals surface area contributed by atoms with E-state index < -0.39 is 0 Å². The molecule has 3 heterocycles. The largest absolute Gasteiger partial charge is 0.370 e. The predicted octanol–water partition coefficient (Wildman–Crippen LogP) is 2.33. The van der Waals surface area contributed by atoms with Crippen LogP contribution in [0, 0.1) is 0 Å². The highest BCUT2D eigenvalue weighted by Crippen LogP contribution is 2.27. The van der Waals surface area contributed by atoms with Crippen molar-refractivity contribution in [1.29, 1.82) is 0 Å². The van der Waals surface area contributed by atoms with E-state index in [4.69, 9.17) is 16.3 Å². The van der Waals surface area contributed by atoms with Crippen molar-refractivity contribution in [3.8, 4) is 0 Å². The molecule has 0 spiro atoms. The maximum absolute atomic E-state index is 12.2. The van der Waals surface area contributed by atoms with Gasteiger partial charge < -0.3 is 14.6 Å². The quantitative estimate of drug-likeness (QED) is 0.884. The van der Waals surface area contributed by atoms with Crippen molar-refractivity contribution >= 4 is 23.4 Å². The number of nitrogens with one attached hydrogen (secondary N) is 2. The van der Waals surface area contributed by atoms with Crippen LogP contribution in [-0.2, 0) is 18.3 Å². The van der Waals surface area contributed by atoms with Gasteiger partial charge in [0.1, 0.15) is 17.0 Å². The first-order valence-corrected chi connectivity index (χ1v) is 8.34. The lowest BCUT2D eigenvalue weighted by atomic mass is 10.0. The van der Waals surface area contributed by atoms with E-state index in [1.54, 1.807) is 17.1 Å². The molecule has 1 fully saturated rings. The van der Waals surface area contributed by atoms with Crippen LogP contribution in [0.4, 0.5) is 10.6 Å². The lowest BCUT2D eigenvalue weighted by Gasteiger charge is -2.29. The fourth-order valence-corrected chi connectivity index (χ4v) is 2.97. The zero-order valence-electron chi connectivity index (χ0n) is 13.7. The van der Waals surface area contributed by atoms with Crippen molar-refractivity contribution in [3.63, 3.8) is 0 Å². The Morgan fingerprint density at radius 1 is 1.54 bits per heavy atom. The minimum atomic E-state index is -0.316. The number of imidazole rings is 1. The second kappa shape index (κ2) is 7.23. The highest BCUT2D eigenvalue weighted by molar-refractivity contribution is 6.33. The predicted molar refractivity (Wildman–Crippen MR) is 90.0 cm³/mol. The normalized spacial score (nSPS) is 20.8. The van der Waals surface area contributed by atoms with Crippen molar-refractivity contribution in [2.75, 3.05) is 11.9 Å². The molecule has 2 unspecified atom stereocenters. The Balaban J connectivity index is 1.58. The number of nitrogens with zero attached hydrogens (tertiary/aromatic N) is 4. The van der Waals surface area contributed by atoms with Gasteiger partial charge in [0, 0.05) is 51.3 Å². The first kappa shape index (κ1) is 16.8. The number of ether oxygens (including phenoxy) is 1. The van der Waals surface area contributed by atoms with E-state index in [0.29, 0.717) is 30.4 Å². The van der Waals surface area contributed by atoms with Crippen LogP contribution in [0.15, 0.2) is 18.6 Å². The van der Waals surface area contributed by atoms with Gasteiger partial charge >= 0.3 is 6.03 Å². The fourth-order valence-electron chi connectivity index (χ4n) is 2.77. The summed E-state index contributed by atoms with van der Waals surface area (Å²) in [4.78, 5) is 16.5. The van der Waals surface area contributed by atoms with E-state index in [1.165, 1.54) is 0 Å². The minimum absolute atomic E-state index is 0.00693. The molecule has 24 heavy (non-hydrogen) atoms. The second-order valence-corrected chi connectivity index (χ2v) is 6.16. The van der Waals surface area contributed by atoms with Gasteiger partial charge in [-0.05, 0) is 13.3 Å². The summed E-state index contributed by atoms with van der Waals surface area (Å²) < 4.78 is 9.38. The second-order valence-electron chi connectivity index (χ2n) is 5.76. The maximum atomic E-state index is 12.2. The molecule has 0 aliphatic carbocycles. The summed E-state index contributed by atoms with van der Waals surface area (Å²) >= 11 is 6.06. The van der Waals surface area contributed by atoms with Gasteiger partial charge in [-0.25, -0.2) is 9.78 Å². The van der Waals surface area contributed by atoms with E-state index in [2.05, 4.69) is 20.7 Å². The number of rotatable bonds is 4. The number of hydrogen-bond acceptors (Lipinski definition) is 4. The summed E-state index contributed by atoms with van der Waals surface area (Å²) in [5, 5.41) is 10.3. The van der Waals surface area contributed by atoms with Gasteiger partial charge in [0.05, 0.1) is 0 Å². The van der Waals surface area contributed by atoms with Gasteiger partial charge in [-0.2, -0.15) is 5.10 Å². The molecule has 1 aliphatic heterocycles. The van der Waals surface area contributed by atoms with Crippen molar-refractivity contribution in [3.05, 3.63) is 29.4 Å². The van der Waals surface area contributed by atoms with Crippen LogP contribution in [0.3, 0.4) is 0 Å². The topological polar surface area (TPSA) is 86.0 Å². The average Bonchev–Trinajstić information content (AvgIpc) is 3.13. The molecular formula is C15H21ClN6O2. The van der Waals surface area contributed by atoms with Crippen LogP contribution in [0.25, 0.3) is 0 Å². The highest BCUT2D eigenvalue weighted by Gasteiger charge is 2.27. The van der Waals surface area contributed by atoms with Crippen molar-refractivity contribution in [1.82, 2.24) is 24.6 Å². The molecule has 3 rings (SSSR count). The molecule has 130 valence electrons. The number of urea groups is 1. The molecule has 2 N–H and O–H groups in total. The SMILES string of the molecule is CCn1cc(Cl)c(NC(=O)NC2CCOC(c3nccn3C)C2)n1. The summed E-state index contributed by atoms with van der Waals surface area (Å²) in [5.74, 6) is 1.23. The third kappa shape index (κ3) is 3.70. The molecule has 0 radical (unpaired) electrons. The Kier molecular flexibility index (Phi) is 5.06. The molecule has 2 aromatic heterocycles. The zero-order chi connectivity index (χ0) is 17.1. The molecule has 9 heteroatoms. The number of halogens is 1. The number of carbonyl (C=O) groups excluding carboxylic acids is 1. The van der Waals surface area contributed by atoms with Crippen LogP contribution in [0.1, 0.15) is 31.7 Å². The van der Waals surface area contributed by atoms with E-state index in [-0.39, 0.29) is 18.2 Å². The number of anilines is 1. The molecule has 1 saturated heterocycles. The number of aryl methyl sites for hydroxylation is 2. The molecule has 2 aromatic rings. The maximum Gasteiger partial charge on any atom is 0.320 e. The lowest BCUT2D eigenvalue weighted by Crippen LogP contribution is -2.42. The molecule has 0 bridgehead atoms. The number of carbonyl (C=O) groups is 1. The van der Waals surface area contributed by atoms with Crippen LogP contribution < -0.4 is 10.6 Å². The molecular weight excluding hydrogens is 332 g/mol. The summed E-state index contributed by atoms with van der Waals surface area (Å²) in [5.41, 5.74) is 0. The van der Waals surface area contributed by atoms with Crippen molar-refractivity contribution < 1.29 is 9.53 Å². The van der Waals surface area contributed by atoms with Crippen LogP contribution in [0.5, 0.6) is 0 Å². The Morgan fingerprint density at radius 3 is 3.04 bits per heavy atom. The van der Waals surface area contributed by atoms with Crippen LogP contribution >= 0.6 is 11.6 Å². The van der Waals surface area contributed by atoms with Crippen molar-refractivity contribution in [2.45, 2.75) is 38.5 Å². The number of amides is 2. The minimum Gasteiger partial charge on any atom is -0.370 e. The smallest absolute Gasteiger partial charge is 0.320 e. The Hall–Kier alpha value is -2.06. The molecule has 2 amide bonds. The molecule has 1 aliphatic rings. The van der Waals surface area contributed by atoms with Crippen molar-refractivity contribution in [2.24, 2.45) is 7.05 Å². The van der Waals surface area contributed by atoms with Gasteiger partial charge in [0.15, 0.2) is 5.82 Å². The first-order chi connectivity index (χ1) is 11.6. The molecule has 0 saturated carbocycles. The van der Waals surface area contributed by atoms with E-state index >= 15 is 0 Å². The average molecular weight is 353 g/mol. The Morgan fingerprint density at radius 2 is 2.38 bits per heavy atom. The Labute approximate surface area is 145 Å². The number of hydrogen-bond donors (Lipinski definition) is 2. The molecule has 0 aromatic carbocycles. The zero-order valence-corrected chi connectivity index (χ0v) is 14.5. The van der Waals surface area contributed by atoms with E-state index in [1.807, 2.05) is 24.7 Å². The fraction of sp³-hybridized carbons (Fsp3) is 0.533. The van der Waals surface area contributed by atoms with Gasteiger partial charge in [-0.3, -0.25) is 10.00 Å². The Bertz CT molecular complexity index is 713. The number of aromatic nitrogens is 4. The molecule has 2 atom stereocenters. The van der Waals surface area contributed by atoms with E-state index in [9.17, 15) is 4.79 Å². The highest BCUT2D eigenvalue weighted by atomic mass is 35.5. The summed E-state index contributed by atoms with van der Waals surface area (Å²) in [7, 11) is 1.93. The third-order valence-electron chi connectivity index (χ3n) is 4.04.